The molecule has 0 aliphatic carbocycles. The van der Waals surface area contributed by atoms with Gasteiger partial charge in [0.25, 0.3) is 0 Å². The zero-order valence-corrected chi connectivity index (χ0v) is 13.9. The Hall–Kier alpha value is -0.980. The molecule has 0 bridgehead atoms. The minimum absolute atomic E-state index is 0. The van der Waals surface area contributed by atoms with Crippen LogP contribution >= 0.6 is 24.0 Å². The van der Waals surface area contributed by atoms with E-state index in [4.69, 9.17) is 4.42 Å². The largest absolute Gasteiger partial charge is 0.469 e. The van der Waals surface area contributed by atoms with E-state index in [9.17, 15) is 0 Å². The number of nitrogens with zero attached hydrogens (tertiary/aromatic N) is 1. The lowest BCUT2D eigenvalue weighted by molar-refractivity contribution is 0.507. The maximum Gasteiger partial charge on any atom is 0.191 e. The monoisotopic (exact) mass is 377 g/mol. The van der Waals surface area contributed by atoms with Gasteiger partial charge in [0.15, 0.2) is 5.96 Å². The minimum Gasteiger partial charge on any atom is -0.469 e. The second-order valence-electron chi connectivity index (χ2n) is 4.01. The molecule has 2 N–H and O–H groups in total. The summed E-state index contributed by atoms with van der Waals surface area (Å²) in [6, 6.07) is 3.88. The van der Waals surface area contributed by atoms with E-state index in [1.807, 2.05) is 18.2 Å². The molecule has 1 rings (SSSR count). The van der Waals surface area contributed by atoms with Crippen LogP contribution in [0.4, 0.5) is 0 Å². The van der Waals surface area contributed by atoms with Crippen molar-refractivity contribution in [2.24, 2.45) is 4.99 Å². The third kappa shape index (κ3) is 8.69. The number of nitrogens with one attached hydrogen (secondary N) is 2. The second-order valence-corrected chi connectivity index (χ2v) is 4.01. The Morgan fingerprint density at radius 3 is 2.95 bits per heavy atom. The van der Waals surface area contributed by atoms with Gasteiger partial charge in [-0.3, -0.25) is 4.99 Å². The Balaban J connectivity index is 0.00000324. The van der Waals surface area contributed by atoms with E-state index < -0.39 is 0 Å². The van der Waals surface area contributed by atoms with E-state index in [0.29, 0.717) is 0 Å². The van der Waals surface area contributed by atoms with Gasteiger partial charge in [-0.1, -0.05) is 19.4 Å². The number of guanidine groups is 1. The lowest BCUT2D eigenvalue weighted by atomic mass is 10.3. The molecule has 0 aromatic carbocycles. The normalized spacial score (nSPS) is 10.7. The Kier molecular flexibility index (Phi) is 11.5. The number of halogens is 1. The number of hydrogen-bond donors (Lipinski definition) is 2. The van der Waals surface area contributed by atoms with Crippen molar-refractivity contribution in [2.75, 3.05) is 19.6 Å². The van der Waals surface area contributed by atoms with Gasteiger partial charge in [-0.15, -0.1) is 30.6 Å². The zero-order chi connectivity index (χ0) is 13.1. The van der Waals surface area contributed by atoms with Crippen molar-refractivity contribution in [1.29, 1.82) is 0 Å². The molecule has 0 saturated heterocycles. The molecule has 0 amide bonds. The summed E-state index contributed by atoms with van der Waals surface area (Å²) >= 11 is 0. The van der Waals surface area contributed by atoms with Crippen molar-refractivity contribution in [2.45, 2.75) is 26.2 Å². The van der Waals surface area contributed by atoms with Crippen LogP contribution in [0.2, 0.25) is 0 Å². The molecule has 0 spiro atoms. The zero-order valence-electron chi connectivity index (χ0n) is 11.5. The van der Waals surface area contributed by atoms with E-state index in [2.05, 4.69) is 29.1 Å². The summed E-state index contributed by atoms with van der Waals surface area (Å²) in [6.07, 6.45) is 6.64. The van der Waals surface area contributed by atoms with Gasteiger partial charge in [0, 0.05) is 26.1 Å². The molecule has 108 valence electrons. The van der Waals surface area contributed by atoms with E-state index in [-0.39, 0.29) is 24.0 Å². The van der Waals surface area contributed by atoms with Crippen LogP contribution in [-0.2, 0) is 6.42 Å². The van der Waals surface area contributed by atoms with Crippen molar-refractivity contribution < 1.29 is 4.42 Å². The first-order valence-electron chi connectivity index (χ1n) is 6.52. The van der Waals surface area contributed by atoms with Crippen LogP contribution in [0.3, 0.4) is 0 Å². The summed E-state index contributed by atoms with van der Waals surface area (Å²) in [7, 11) is 0. The molecule has 0 saturated carbocycles. The van der Waals surface area contributed by atoms with E-state index >= 15 is 0 Å². The second kappa shape index (κ2) is 12.1. The fourth-order valence-electron chi connectivity index (χ4n) is 1.45. The number of aliphatic imine (C=N–C) groups is 1. The van der Waals surface area contributed by atoms with Gasteiger partial charge in [-0.2, -0.15) is 0 Å². The van der Waals surface area contributed by atoms with E-state index in [1.165, 1.54) is 0 Å². The highest BCUT2D eigenvalue weighted by atomic mass is 127. The maximum absolute atomic E-state index is 5.28. The summed E-state index contributed by atoms with van der Waals surface area (Å²) in [6.45, 7) is 8.23. The van der Waals surface area contributed by atoms with Crippen molar-refractivity contribution in [1.82, 2.24) is 10.6 Å². The molecule has 0 unspecified atom stereocenters. The molecule has 1 heterocycles. The fourth-order valence-corrected chi connectivity index (χ4v) is 1.45. The molecule has 0 aliphatic heterocycles. The van der Waals surface area contributed by atoms with Crippen LogP contribution in [0.25, 0.3) is 0 Å². The Bertz CT molecular complexity index is 350. The molecule has 0 aliphatic rings. The Morgan fingerprint density at radius 1 is 1.47 bits per heavy atom. The molecular formula is C14H24IN3O. The van der Waals surface area contributed by atoms with Gasteiger partial charge >= 0.3 is 0 Å². The van der Waals surface area contributed by atoms with Gasteiger partial charge in [-0.05, 0) is 18.6 Å². The van der Waals surface area contributed by atoms with Crippen molar-refractivity contribution in [3.8, 4) is 0 Å². The highest BCUT2D eigenvalue weighted by Gasteiger charge is 1.98. The SMILES string of the molecule is C=CCNC(=NCCCC)NCCc1ccco1.I. The highest BCUT2D eigenvalue weighted by Crippen LogP contribution is 1.99. The van der Waals surface area contributed by atoms with E-state index in [1.54, 1.807) is 6.26 Å². The molecule has 0 radical (unpaired) electrons. The lowest BCUT2D eigenvalue weighted by Crippen LogP contribution is -2.38. The van der Waals surface area contributed by atoms with Crippen LogP contribution < -0.4 is 10.6 Å². The Labute approximate surface area is 132 Å². The smallest absolute Gasteiger partial charge is 0.191 e. The van der Waals surface area contributed by atoms with Gasteiger partial charge in [0.05, 0.1) is 6.26 Å². The van der Waals surface area contributed by atoms with Gasteiger partial charge < -0.3 is 15.1 Å². The summed E-state index contributed by atoms with van der Waals surface area (Å²) in [5.41, 5.74) is 0. The molecule has 0 atom stereocenters. The summed E-state index contributed by atoms with van der Waals surface area (Å²) in [5, 5.41) is 6.48. The average Bonchev–Trinajstić information content (AvgIpc) is 2.88. The van der Waals surface area contributed by atoms with Crippen molar-refractivity contribution >= 4 is 29.9 Å². The minimum atomic E-state index is 0. The summed E-state index contributed by atoms with van der Waals surface area (Å²) in [5.74, 6) is 1.83. The Morgan fingerprint density at radius 2 is 2.32 bits per heavy atom. The predicted octanol–water partition coefficient (Wildman–Crippen LogP) is 2.96. The number of hydrogen-bond acceptors (Lipinski definition) is 2. The third-order valence-corrected chi connectivity index (χ3v) is 2.44. The van der Waals surface area contributed by atoms with Crippen molar-refractivity contribution in [3.63, 3.8) is 0 Å². The molecule has 19 heavy (non-hydrogen) atoms. The third-order valence-electron chi connectivity index (χ3n) is 2.44. The van der Waals surface area contributed by atoms with Gasteiger partial charge in [0.2, 0.25) is 0 Å². The van der Waals surface area contributed by atoms with Crippen molar-refractivity contribution in [3.05, 3.63) is 36.8 Å². The lowest BCUT2D eigenvalue weighted by Gasteiger charge is -2.10. The van der Waals surface area contributed by atoms with Crippen LogP contribution in [0.1, 0.15) is 25.5 Å². The van der Waals surface area contributed by atoms with Crippen LogP contribution in [-0.4, -0.2) is 25.6 Å². The number of furan rings is 1. The number of unbranched alkanes of at least 4 members (excludes halogenated alkanes) is 1. The predicted molar refractivity (Wildman–Crippen MR) is 91.2 cm³/mol. The number of rotatable bonds is 8. The van der Waals surface area contributed by atoms with Gasteiger partial charge in [0.1, 0.15) is 5.76 Å². The fraction of sp³-hybridized carbons (Fsp3) is 0.500. The summed E-state index contributed by atoms with van der Waals surface area (Å²) in [4.78, 5) is 4.49. The first-order chi connectivity index (χ1) is 8.86. The molecule has 1 aromatic rings. The van der Waals surface area contributed by atoms with Crippen LogP contribution in [0.15, 0.2) is 40.5 Å². The summed E-state index contributed by atoms with van der Waals surface area (Å²) < 4.78 is 5.28. The molecule has 5 heteroatoms. The standard InChI is InChI=1S/C14H23N3O.HI/c1-3-5-10-16-14(15-9-4-2)17-11-8-13-7-6-12-18-13;/h4,6-7,12H,2-3,5,8-11H2,1H3,(H2,15,16,17);1H. The first kappa shape index (κ1) is 18.0. The molecule has 1 aromatic heterocycles. The molecule has 0 fully saturated rings. The first-order valence-corrected chi connectivity index (χ1v) is 6.52. The van der Waals surface area contributed by atoms with Gasteiger partial charge in [-0.25, -0.2) is 0 Å². The van der Waals surface area contributed by atoms with Crippen LogP contribution in [0, 0.1) is 0 Å². The van der Waals surface area contributed by atoms with E-state index in [0.717, 1.165) is 50.6 Å². The topological polar surface area (TPSA) is 49.6 Å². The maximum atomic E-state index is 5.28. The molecular weight excluding hydrogens is 353 g/mol. The average molecular weight is 377 g/mol. The van der Waals surface area contributed by atoms with Crippen LogP contribution in [0.5, 0.6) is 0 Å². The molecule has 4 nitrogen and oxygen atoms in total. The quantitative estimate of drug-likeness (QED) is 0.241. The highest BCUT2D eigenvalue weighted by molar-refractivity contribution is 14.0.